The Morgan fingerprint density at radius 1 is 1.41 bits per heavy atom. The number of hydrogen-bond acceptors (Lipinski definition) is 3. The number of carbonyl (C=O) groups is 1. The molecule has 1 aromatic carbocycles. The van der Waals surface area contributed by atoms with E-state index in [2.05, 4.69) is 10.1 Å². The third-order valence-corrected chi connectivity index (χ3v) is 1.86. The highest BCUT2D eigenvalue weighted by molar-refractivity contribution is 5.78. The maximum absolute atomic E-state index is 11.9. The number of hydrogen-bond donors (Lipinski definition) is 1. The van der Waals surface area contributed by atoms with Crippen molar-refractivity contribution in [1.82, 2.24) is 0 Å². The quantitative estimate of drug-likeness (QED) is 0.656. The molecule has 0 spiro atoms. The van der Waals surface area contributed by atoms with Crippen molar-refractivity contribution in [2.24, 2.45) is 0 Å². The van der Waals surface area contributed by atoms with E-state index in [0.29, 0.717) is 12.2 Å². The first-order valence-corrected chi connectivity index (χ1v) is 5.06. The molecule has 94 valence electrons. The smallest absolute Gasteiger partial charge is 0.420 e. The van der Waals surface area contributed by atoms with Gasteiger partial charge in [0.05, 0.1) is 0 Å². The van der Waals surface area contributed by atoms with Crippen molar-refractivity contribution in [1.29, 1.82) is 0 Å². The van der Waals surface area contributed by atoms with E-state index in [1.165, 1.54) is 18.2 Å². The molecule has 0 fully saturated rings. The Morgan fingerprint density at radius 3 is 2.71 bits per heavy atom. The second-order valence-electron chi connectivity index (χ2n) is 3.34. The van der Waals surface area contributed by atoms with Crippen LogP contribution in [0.1, 0.15) is 13.3 Å². The average Bonchev–Trinajstić information content (AvgIpc) is 2.25. The van der Waals surface area contributed by atoms with Crippen LogP contribution in [0.4, 0.5) is 18.9 Å². The number of alkyl halides is 3. The van der Waals surface area contributed by atoms with Gasteiger partial charge in [0, 0.05) is 18.3 Å². The van der Waals surface area contributed by atoms with Crippen LogP contribution in [0.5, 0.6) is 5.75 Å². The molecule has 0 saturated carbocycles. The molecule has 1 N–H and O–H groups in total. The van der Waals surface area contributed by atoms with Gasteiger partial charge in [0.1, 0.15) is 5.75 Å². The largest absolute Gasteiger partial charge is 0.491 e. The molecular weight excluding hydrogens is 235 g/mol. The first kappa shape index (κ1) is 13.3. The van der Waals surface area contributed by atoms with Gasteiger partial charge in [-0.25, -0.2) is 4.79 Å². The highest BCUT2D eigenvalue weighted by Crippen LogP contribution is 2.22. The van der Waals surface area contributed by atoms with Crippen LogP contribution >= 0.6 is 0 Å². The molecule has 6 heteroatoms. The van der Waals surface area contributed by atoms with E-state index in [9.17, 15) is 18.0 Å². The van der Waals surface area contributed by atoms with Crippen molar-refractivity contribution in [3.63, 3.8) is 0 Å². The molecule has 0 radical (unpaired) electrons. The Hall–Kier alpha value is -1.72. The van der Waals surface area contributed by atoms with Crippen LogP contribution in [0.15, 0.2) is 24.3 Å². The van der Waals surface area contributed by atoms with Crippen LogP contribution in [0.3, 0.4) is 0 Å². The third kappa shape index (κ3) is 4.34. The summed E-state index contributed by atoms with van der Waals surface area (Å²) in [4.78, 5) is 10.6. The first-order chi connectivity index (χ1) is 7.93. The minimum atomic E-state index is -4.98. The highest BCUT2D eigenvalue weighted by Gasteiger charge is 2.41. The fourth-order valence-corrected chi connectivity index (χ4v) is 1.10. The number of anilines is 1. The molecule has 0 heterocycles. The molecule has 17 heavy (non-hydrogen) atoms. The summed E-state index contributed by atoms with van der Waals surface area (Å²) in [6.45, 7) is 2.65. The predicted octanol–water partition coefficient (Wildman–Crippen LogP) is 2.98. The van der Waals surface area contributed by atoms with Crippen LogP contribution in [0.25, 0.3) is 0 Å². The van der Waals surface area contributed by atoms with Crippen molar-refractivity contribution in [2.45, 2.75) is 19.5 Å². The zero-order chi connectivity index (χ0) is 12.9. The van der Waals surface area contributed by atoms with Gasteiger partial charge in [0.15, 0.2) is 0 Å². The molecule has 0 amide bonds. The van der Waals surface area contributed by atoms with Crippen LogP contribution in [0.2, 0.25) is 0 Å². The Morgan fingerprint density at radius 2 is 2.12 bits per heavy atom. The lowest BCUT2D eigenvalue weighted by Crippen LogP contribution is -2.27. The van der Waals surface area contributed by atoms with Gasteiger partial charge in [-0.2, -0.15) is 13.2 Å². The van der Waals surface area contributed by atoms with Crippen molar-refractivity contribution in [3.8, 4) is 5.75 Å². The molecule has 0 aromatic heterocycles. The average molecular weight is 247 g/mol. The van der Waals surface area contributed by atoms with E-state index in [4.69, 9.17) is 0 Å². The summed E-state index contributed by atoms with van der Waals surface area (Å²) >= 11 is 0. The van der Waals surface area contributed by atoms with Gasteiger partial charge in [-0.15, -0.1) is 0 Å². The molecule has 0 saturated heterocycles. The summed E-state index contributed by atoms with van der Waals surface area (Å²) in [5.74, 6) is -2.35. The maximum atomic E-state index is 11.9. The van der Waals surface area contributed by atoms with Crippen LogP contribution in [0, 0.1) is 0 Å². The SMILES string of the molecule is CCCNc1cccc(OC(=O)C(F)(F)F)c1. The summed E-state index contributed by atoms with van der Waals surface area (Å²) in [6.07, 6.45) is -4.10. The van der Waals surface area contributed by atoms with Crippen molar-refractivity contribution in [2.75, 3.05) is 11.9 Å². The maximum Gasteiger partial charge on any atom is 0.491 e. The van der Waals surface area contributed by atoms with Gasteiger partial charge in [-0.05, 0) is 18.6 Å². The minimum absolute atomic E-state index is 0.131. The summed E-state index contributed by atoms with van der Waals surface area (Å²) in [5.41, 5.74) is 0.610. The lowest BCUT2D eigenvalue weighted by Gasteiger charge is -2.09. The van der Waals surface area contributed by atoms with Crippen molar-refractivity contribution in [3.05, 3.63) is 24.3 Å². The van der Waals surface area contributed by atoms with Gasteiger partial charge < -0.3 is 10.1 Å². The van der Waals surface area contributed by atoms with Crippen LogP contribution in [-0.4, -0.2) is 18.7 Å². The second kappa shape index (κ2) is 5.56. The summed E-state index contributed by atoms with van der Waals surface area (Å²) in [5, 5.41) is 2.97. The lowest BCUT2D eigenvalue weighted by molar-refractivity contribution is -0.189. The van der Waals surface area contributed by atoms with Gasteiger partial charge >= 0.3 is 12.1 Å². The van der Waals surface area contributed by atoms with E-state index in [0.717, 1.165) is 6.42 Å². The van der Waals surface area contributed by atoms with Crippen molar-refractivity contribution < 1.29 is 22.7 Å². The summed E-state index contributed by atoms with van der Waals surface area (Å²) in [7, 11) is 0. The molecular formula is C11H12F3NO2. The first-order valence-electron chi connectivity index (χ1n) is 5.06. The standard InChI is InChI=1S/C11H12F3NO2/c1-2-6-15-8-4-3-5-9(7-8)17-10(16)11(12,13)14/h3-5,7,15H,2,6H2,1H3. The zero-order valence-corrected chi connectivity index (χ0v) is 9.17. The van der Waals surface area contributed by atoms with Gasteiger partial charge in [-0.1, -0.05) is 13.0 Å². The molecule has 0 aliphatic heterocycles. The Labute approximate surface area is 96.6 Å². The van der Waals surface area contributed by atoms with Gasteiger partial charge in [0.2, 0.25) is 0 Å². The lowest BCUT2D eigenvalue weighted by atomic mass is 10.3. The van der Waals surface area contributed by atoms with E-state index >= 15 is 0 Å². The molecule has 0 atom stereocenters. The number of nitrogens with one attached hydrogen (secondary N) is 1. The van der Waals surface area contributed by atoms with E-state index in [1.807, 2.05) is 6.92 Å². The molecule has 1 rings (SSSR count). The number of esters is 1. The number of rotatable bonds is 4. The van der Waals surface area contributed by atoms with Crippen LogP contribution in [-0.2, 0) is 4.79 Å². The monoisotopic (exact) mass is 247 g/mol. The molecule has 3 nitrogen and oxygen atoms in total. The molecule has 0 aliphatic carbocycles. The number of carbonyl (C=O) groups excluding carboxylic acids is 1. The molecule has 0 bridgehead atoms. The van der Waals surface area contributed by atoms with E-state index in [1.54, 1.807) is 6.07 Å². The molecule has 0 unspecified atom stereocenters. The van der Waals surface area contributed by atoms with Crippen LogP contribution < -0.4 is 10.1 Å². The van der Waals surface area contributed by atoms with Gasteiger partial charge in [0.25, 0.3) is 0 Å². The summed E-state index contributed by atoms with van der Waals surface area (Å²) in [6, 6.07) is 5.83. The topological polar surface area (TPSA) is 38.3 Å². The van der Waals surface area contributed by atoms with Crippen molar-refractivity contribution >= 4 is 11.7 Å². The normalized spacial score (nSPS) is 11.1. The van der Waals surface area contributed by atoms with E-state index < -0.39 is 12.1 Å². The van der Waals surface area contributed by atoms with Gasteiger partial charge in [-0.3, -0.25) is 0 Å². The molecule has 0 aliphatic rings. The fraction of sp³-hybridized carbons (Fsp3) is 0.364. The number of ether oxygens (including phenoxy) is 1. The fourth-order valence-electron chi connectivity index (χ4n) is 1.10. The summed E-state index contributed by atoms with van der Waals surface area (Å²) < 4.78 is 40.0. The second-order valence-corrected chi connectivity index (χ2v) is 3.34. The minimum Gasteiger partial charge on any atom is -0.420 e. The van der Waals surface area contributed by atoms with E-state index in [-0.39, 0.29) is 5.75 Å². The Kier molecular flexibility index (Phi) is 4.37. The Bertz CT molecular complexity index is 391. The highest BCUT2D eigenvalue weighted by atomic mass is 19.4. The number of halogens is 3. The third-order valence-electron chi connectivity index (χ3n) is 1.86. The number of benzene rings is 1. The predicted molar refractivity (Wildman–Crippen MR) is 56.9 cm³/mol. The Balaban J connectivity index is 2.69. The molecule has 1 aromatic rings. The zero-order valence-electron chi connectivity index (χ0n) is 9.17.